The Bertz CT molecular complexity index is 481. The minimum Gasteiger partial charge on any atom is -0.313 e. The molecule has 1 atom stereocenters. The van der Waals surface area contributed by atoms with Crippen molar-refractivity contribution in [1.29, 1.82) is 0 Å². The van der Waals surface area contributed by atoms with E-state index in [-0.39, 0.29) is 0 Å². The standard InChI is InChI=1S/C16H19NS/c1-17-15(12-13-8-4-3-5-9-13)14-10-6-7-11-16(14)18-2/h3-11,15,17H,12H2,1-2H3. The van der Waals surface area contributed by atoms with Crippen molar-refractivity contribution in [2.75, 3.05) is 13.3 Å². The van der Waals surface area contributed by atoms with Crippen molar-refractivity contribution in [1.82, 2.24) is 5.32 Å². The van der Waals surface area contributed by atoms with Crippen molar-refractivity contribution in [2.45, 2.75) is 17.4 Å². The van der Waals surface area contributed by atoms with Crippen molar-refractivity contribution in [3.8, 4) is 0 Å². The molecule has 0 saturated heterocycles. The maximum absolute atomic E-state index is 3.43. The van der Waals surface area contributed by atoms with Crippen LogP contribution in [0.15, 0.2) is 59.5 Å². The first-order valence-electron chi connectivity index (χ1n) is 6.19. The number of nitrogens with one attached hydrogen (secondary N) is 1. The van der Waals surface area contributed by atoms with Gasteiger partial charge in [0.25, 0.3) is 0 Å². The van der Waals surface area contributed by atoms with Crippen molar-refractivity contribution >= 4 is 11.8 Å². The largest absolute Gasteiger partial charge is 0.313 e. The third kappa shape index (κ3) is 3.15. The topological polar surface area (TPSA) is 12.0 Å². The van der Waals surface area contributed by atoms with E-state index in [9.17, 15) is 0 Å². The molecule has 0 saturated carbocycles. The van der Waals surface area contributed by atoms with Crippen LogP contribution in [0.25, 0.3) is 0 Å². The fraction of sp³-hybridized carbons (Fsp3) is 0.250. The van der Waals surface area contributed by atoms with Gasteiger partial charge >= 0.3 is 0 Å². The molecule has 2 aromatic rings. The number of likely N-dealkylation sites (N-methyl/N-ethyl adjacent to an activating group) is 1. The lowest BCUT2D eigenvalue weighted by atomic mass is 9.99. The van der Waals surface area contributed by atoms with Gasteiger partial charge in [0.1, 0.15) is 0 Å². The van der Waals surface area contributed by atoms with Crippen molar-refractivity contribution in [3.05, 3.63) is 65.7 Å². The molecule has 0 radical (unpaired) electrons. The maximum Gasteiger partial charge on any atom is 0.0369 e. The van der Waals surface area contributed by atoms with Crippen LogP contribution in [0.5, 0.6) is 0 Å². The monoisotopic (exact) mass is 257 g/mol. The predicted octanol–water partition coefficient (Wildman–Crippen LogP) is 3.91. The van der Waals surface area contributed by atoms with Crippen LogP contribution in [0.4, 0.5) is 0 Å². The highest BCUT2D eigenvalue weighted by atomic mass is 32.2. The van der Waals surface area contributed by atoms with Gasteiger partial charge < -0.3 is 5.32 Å². The minimum absolute atomic E-state index is 0.371. The molecule has 18 heavy (non-hydrogen) atoms. The summed E-state index contributed by atoms with van der Waals surface area (Å²) in [6.07, 6.45) is 3.16. The summed E-state index contributed by atoms with van der Waals surface area (Å²) in [4.78, 5) is 1.35. The van der Waals surface area contributed by atoms with E-state index in [1.165, 1.54) is 16.0 Å². The number of hydrogen-bond donors (Lipinski definition) is 1. The molecule has 0 bridgehead atoms. The summed E-state index contributed by atoms with van der Waals surface area (Å²) in [6.45, 7) is 0. The Labute approximate surface area is 114 Å². The van der Waals surface area contributed by atoms with E-state index in [2.05, 4.69) is 66.2 Å². The molecule has 1 unspecified atom stereocenters. The van der Waals surface area contributed by atoms with E-state index >= 15 is 0 Å². The summed E-state index contributed by atoms with van der Waals surface area (Å²) in [6, 6.07) is 19.6. The second-order valence-corrected chi connectivity index (χ2v) is 5.12. The van der Waals surface area contributed by atoms with Gasteiger partial charge in [0.15, 0.2) is 0 Å². The lowest BCUT2D eigenvalue weighted by molar-refractivity contribution is 0.583. The van der Waals surface area contributed by atoms with Crippen LogP contribution in [0.3, 0.4) is 0 Å². The Balaban J connectivity index is 2.23. The predicted molar refractivity (Wildman–Crippen MR) is 80.2 cm³/mol. The van der Waals surface area contributed by atoms with E-state index in [0.29, 0.717) is 6.04 Å². The highest BCUT2D eigenvalue weighted by Crippen LogP contribution is 2.27. The van der Waals surface area contributed by atoms with Crippen molar-refractivity contribution in [2.24, 2.45) is 0 Å². The van der Waals surface area contributed by atoms with E-state index in [1.807, 2.05) is 18.8 Å². The molecule has 2 aromatic carbocycles. The second kappa shape index (κ2) is 6.62. The van der Waals surface area contributed by atoms with Crippen LogP contribution in [0, 0.1) is 0 Å². The summed E-state index contributed by atoms with van der Waals surface area (Å²) >= 11 is 1.81. The Morgan fingerprint density at radius 2 is 1.67 bits per heavy atom. The number of benzene rings is 2. The lowest BCUT2D eigenvalue weighted by Crippen LogP contribution is -2.19. The summed E-state index contributed by atoms with van der Waals surface area (Å²) in [5, 5.41) is 3.43. The first-order chi connectivity index (χ1) is 8.85. The van der Waals surface area contributed by atoms with Gasteiger partial charge in [-0.3, -0.25) is 0 Å². The Hall–Kier alpha value is -1.25. The number of thioether (sulfide) groups is 1. The molecular weight excluding hydrogens is 238 g/mol. The van der Waals surface area contributed by atoms with Gasteiger partial charge in [-0.2, -0.15) is 0 Å². The van der Waals surface area contributed by atoms with Crippen LogP contribution in [-0.2, 0) is 6.42 Å². The number of hydrogen-bond acceptors (Lipinski definition) is 2. The smallest absolute Gasteiger partial charge is 0.0369 e. The fourth-order valence-corrected chi connectivity index (χ4v) is 2.83. The van der Waals surface area contributed by atoms with Crippen LogP contribution < -0.4 is 5.32 Å². The van der Waals surface area contributed by atoms with Crippen molar-refractivity contribution in [3.63, 3.8) is 0 Å². The van der Waals surface area contributed by atoms with Crippen LogP contribution in [0.1, 0.15) is 17.2 Å². The van der Waals surface area contributed by atoms with Gasteiger partial charge in [-0.15, -0.1) is 11.8 Å². The zero-order valence-corrected chi connectivity index (χ0v) is 11.7. The maximum atomic E-state index is 3.43. The van der Waals surface area contributed by atoms with Gasteiger partial charge in [0.2, 0.25) is 0 Å². The van der Waals surface area contributed by atoms with E-state index < -0.39 is 0 Å². The molecule has 94 valence electrons. The molecule has 2 rings (SSSR count). The molecule has 0 aliphatic heterocycles. The summed E-state index contributed by atoms with van der Waals surface area (Å²) in [5.74, 6) is 0. The molecule has 1 nitrogen and oxygen atoms in total. The Kier molecular flexibility index (Phi) is 4.85. The Morgan fingerprint density at radius 3 is 2.33 bits per heavy atom. The quantitative estimate of drug-likeness (QED) is 0.815. The second-order valence-electron chi connectivity index (χ2n) is 4.27. The lowest BCUT2D eigenvalue weighted by Gasteiger charge is -2.19. The Morgan fingerprint density at radius 1 is 1.00 bits per heavy atom. The molecule has 0 fully saturated rings. The molecule has 0 spiro atoms. The SMILES string of the molecule is CNC(Cc1ccccc1)c1ccccc1SC. The first-order valence-corrected chi connectivity index (χ1v) is 7.41. The molecule has 0 amide bonds. The van der Waals surface area contributed by atoms with Crippen LogP contribution in [-0.4, -0.2) is 13.3 Å². The van der Waals surface area contributed by atoms with E-state index in [4.69, 9.17) is 0 Å². The zero-order chi connectivity index (χ0) is 12.8. The van der Waals surface area contributed by atoms with Gasteiger partial charge in [0, 0.05) is 10.9 Å². The van der Waals surface area contributed by atoms with Crippen LogP contribution >= 0.6 is 11.8 Å². The van der Waals surface area contributed by atoms with Gasteiger partial charge in [-0.25, -0.2) is 0 Å². The normalized spacial score (nSPS) is 12.3. The minimum atomic E-state index is 0.371. The highest BCUT2D eigenvalue weighted by Gasteiger charge is 2.13. The van der Waals surface area contributed by atoms with E-state index in [1.54, 1.807) is 0 Å². The van der Waals surface area contributed by atoms with Gasteiger partial charge in [-0.1, -0.05) is 48.5 Å². The van der Waals surface area contributed by atoms with E-state index in [0.717, 1.165) is 6.42 Å². The van der Waals surface area contributed by atoms with Gasteiger partial charge in [0.05, 0.1) is 0 Å². The first kappa shape index (κ1) is 13.2. The number of rotatable bonds is 5. The molecule has 0 aliphatic rings. The summed E-state index contributed by atoms with van der Waals surface area (Å²) < 4.78 is 0. The average molecular weight is 257 g/mol. The third-order valence-corrected chi connectivity index (χ3v) is 3.96. The molecule has 0 aliphatic carbocycles. The fourth-order valence-electron chi connectivity index (χ4n) is 2.17. The molecule has 0 heterocycles. The summed E-state index contributed by atoms with van der Waals surface area (Å²) in [7, 11) is 2.03. The molecular formula is C16H19NS. The summed E-state index contributed by atoms with van der Waals surface area (Å²) in [5.41, 5.74) is 2.75. The van der Waals surface area contributed by atoms with Gasteiger partial charge in [-0.05, 0) is 36.9 Å². The van der Waals surface area contributed by atoms with Crippen LogP contribution in [0.2, 0.25) is 0 Å². The molecule has 1 N–H and O–H groups in total. The average Bonchev–Trinajstić information content (AvgIpc) is 2.46. The zero-order valence-electron chi connectivity index (χ0n) is 10.9. The molecule has 2 heteroatoms. The van der Waals surface area contributed by atoms with Crippen molar-refractivity contribution < 1.29 is 0 Å². The molecule has 0 aromatic heterocycles. The highest BCUT2D eigenvalue weighted by molar-refractivity contribution is 7.98. The third-order valence-electron chi connectivity index (χ3n) is 3.15.